The minimum atomic E-state index is 0.112. The first-order chi connectivity index (χ1) is 11.3. The lowest BCUT2D eigenvalue weighted by Crippen LogP contribution is -2.41. The number of likely N-dealkylation sites (tertiary alicyclic amines) is 1. The zero-order valence-corrected chi connectivity index (χ0v) is 13.6. The summed E-state index contributed by atoms with van der Waals surface area (Å²) < 4.78 is 5.96. The SMILES string of the molecule is CCCCC(=O)N1CCC(Oc2cnc3ccccc3n2)CC1. The predicted octanol–water partition coefficient (Wildman–Crippen LogP) is 3.19. The lowest BCUT2D eigenvalue weighted by molar-refractivity contribution is -0.133. The van der Waals surface area contributed by atoms with Crippen molar-refractivity contribution in [3.63, 3.8) is 0 Å². The molecule has 3 rings (SSSR count). The van der Waals surface area contributed by atoms with Gasteiger partial charge in [-0.1, -0.05) is 25.5 Å². The smallest absolute Gasteiger partial charge is 0.233 e. The van der Waals surface area contributed by atoms with Gasteiger partial charge in [-0.05, 0) is 18.6 Å². The maximum absolute atomic E-state index is 12.0. The van der Waals surface area contributed by atoms with Gasteiger partial charge in [-0.3, -0.25) is 4.79 Å². The number of hydrogen-bond donors (Lipinski definition) is 0. The average molecular weight is 313 g/mol. The van der Waals surface area contributed by atoms with Gasteiger partial charge in [0, 0.05) is 32.4 Å². The molecule has 1 aromatic heterocycles. The van der Waals surface area contributed by atoms with Gasteiger partial charge in [-0.2, -0.15) is 0 Å². The molecule has 0 atom stereocenters. The molecule has 2 heterocycles. The maximum Gasteiger partial charge on any atom is 0.233 e. The second kappa shape index (κ2) is 7.40. The number of nitrogens with zero attached hydrogens (tertiary/aromatic N) is 3. The van der Waals surface area contributed by atoms with Gasteiger partial charge in [0.25, 0.3) is 0 Å². The number of carbonyl (C=O) groups excluding carboxylic acids is 1. The largest absolute Gasteiger partial charge is 0.473 e. The van der Waals surface area contributed by atoms with Crippen LogP contribution in [0, 0.1) is 0 Å². The van der Waals surface area contributed by atoms with E-state index in [1.165, 1.54) is 0 Å². The lowest BCUT2D eigenvalue weighted by Gasteiger charge is -2.32. The summed E-state index contributed by atoms with van der Waals surface area (Å²) in [4.78, 5) is 22.9. The second-order valence-corrected chi connectivity index (χ2v) is 6.00. The molecule has 1 saturated heterocycles. The molecular weight excluding hydrogens is 290 g/mol. The van der Waals surface area contributed by atoms with E-state index in [4.69, 9.17) is 4.74 Å². The van der Waals surface area contributed by atoms with Crippen LogP contribution in [-0.2, 0) is 4.79 Å². The van der Waals surface area contributed by atoms with Crippen LogP contribution in [0.4, 0.5) is 0 Å². The van der Waals surface area contributed by atoms with Gasteiger partial charge in [0.1, 0.15) is 6.10 Å². The Hall–Kier alpha value is -2.17. The summed E-state index contributed by atoms with van der Waals surface area (Å²) in [7, 11) is 0. The van der Waals surface area contributed by atoms with Crippen LogP contribution in [0.5, 0.6) is 5.88 Å². The molecule has 0 aliphatic carbocycles. The van der Waals surface area contributed by atoms with Crippen molar-refractivity contribution in [2.24, 2.45) is 0 Å². The van der Waals surface area contributed by atoms with Crippen LogP contribution in [0.25, 0.3) is 11.0 Å². The number of rotatable bonds is 5. The average Bonchev–Trinajstić information content (AvgIpc) is 2.60. The third kappa shape index (κ3) is 3.97. The molecule has 23 heavy (non-hydrogen) atoms. The number of piperidine rings is 1. The van der Waals surface area contributed by atoms with Gasteiger partial charge in [-0.25, -0.2) is 9.97 Å². The van der Waals surface area contributed by atoms with Crippen LogP contribution in [0.3, 0.4) is 0 Å². The fraction of sp³-hybridized carbons (Fsp3) is 0.500. The van der Waals surface area contributed by atoms with E-state index in [1.807, 2.05) is 29.2 Å². The van der Waals surface area contributed by atoms with E-state index in [0.29, 0.717) is 12.3 Å². The molecule has 1 aromatic carbocycles. The first kappa shape index (κ1) is 15.7. The number of para-hydroxylation sites is 2. The molecule has 1 aliphatic rings. The number of benzene rings is 1. The van der Waals surface area contributed by atoms with Crippen LogP contribution < -0.4 is 4.74 Å². The first-order valence-corrected chi connectivity index (χ1v) is 8.42. The summed E-state index contributed by atoms with van der Waals surface area (Å²) in [5.74, 6) is 0.843. The molecule has 5 heteroatoms. The Morgan fingerprint density at radius 1 is 1.26 bits per heavy atom. The van der Waals surface area contributed by atoms with Crippen molar-refractivity contribution in [1.29, 1.82) is 0 Å². The fourth-order valence-corrected chi connectivity index (χ4v) is 2.88. The van der Waals surface area contributed by atoms with E-state index in [-0.39, 0.29) is 12.0 Å². The summed E-state index contributed by atoms with van der Waals surface area (Å²) in [6, 6.07) is 7.76. The molecular formula is C18H23N3O2. The van der Waals surface area contributed by atoms with E-state index in [0.717, 1.165) is 49.8 Å². The summed E-state index contributed by atoms with van der Waals surface area (Å²) >= 11 is 0. The highest BCUT2D eigenvalue weighted by Gasteiger charge is 2.23. The van der Waals surface area contributed by atoms with E-state index in [2.05, 4.69) is 16.9 Å². The van der Waals surface area contributed by atoms with Gasteiger partial charge >= 0.3 is 0 Å². The molecule has 0 bridgehead atoms. The highest BCUT2D eigenvalue weighted by atomic mass is 16.5. The Bertz CT molecular complexity index is 666. The Labute approximate surface area is 136 Å². The molecule has 0 N–H and O–H groups in total. The molecule has 2 aromatic rings. The Morgan fingerprint density at radius 3 is 2.74 bits per heavy atom. The van der Waals surface area contributed by atoms with Crippen LogP contribution in [-0.4, -0.2) is 40.0 Å². The fourth-order valence-electron chi connectivity index (χ4n) is 2.88. The van der Waals surface area contributed by atoms with Crippen molar-refractivity contribution in [1.82, 2.24) is 14.9 Å². The number of amides is 1. The zero-order valence-electron chi connectivity index (χ0n) is 13.6. The third-order valence-corrected chi connectivity index (χ3v) is 4.25. The van der Waals surface area contributed by atoms with Crippen molar-refractivity contribution in [2.75, 3.05) is 13.1 Å². The number of carbonyl (C=O) groups is 1. The Morgan fingerprint density at radius 2 is 2.00 bits per heavy atom. The van der Waals surface area contributed by atoms with Crippen molar-refractivity contribution >= 4 is 16.9 Å². The minimum Gasteiger partial charge on any atom is -0.473 e. The molecule has 0 radical (unpaired) electrons. The predicted molar refractivity (Wildman–Crippen MR) is 89.3 cm³/mol. The van der Waals surface area contributed by atoms with Crippen LogP contribution in [0.1, 0.15) is 39.0 Å². The number of ether oxygens (including phenoxy) is 1. The molecule has 0 spiro atoms. The monoisotopic (exact) mass is 313 g/mol. The summed E-state index contributed by atoms with van der Waals surface area (Å²) in [5.41, 5.74) is 1.72. The third-order valence-electron chi connectivity index (χ3n) is 4.25. The van der Waals surface area contributed by atoms with Crippen molar-refractivity contribution < 1.29 is 9.53 Å². The van der Waals surface area contributed by atoms with Crippen molar-refractivity contribution in [2.45, 2.75) is 45.1 Å². The summed E-state index contributed by atoms with van der Waals surface area (Å²) in [6.07, 6.45) is 6.20. The minimum absolute atomic E-state index is 0.112. The van der Waals surface area contributed by atoms with Crippen molar-refractivity contribution in [3.05, 3.63) is 30.5 Å². The summed E-state index contributed by atoms with van der Waals surface area (Å²) in [5, 5.41) is 0. The van der Waals surface area contributed by atoms with E-state index in [1.54, 1.807) is 6.20 Å². The van der Waals surface area contributed by atoms with Crippen molar-refractivity contribution in [3.8, 4) is 5.88 Å². The van der Waals surface area contributed by atoms with Gasteiger partial charge in [-0.15, -0.1) is 0 Å². The first-order valence-electron chi connectivity index (χ1n) is 8.42. The molecule has 5 nitrogen and oxygen atoms in total. The zero-order chi connectivity index (χ0) is 16.1. The number of hydrogen-bond acceptors (Lipinski definition) is 4. The number of fused-ring (bicyclic) bond motifs is 1. The van der Waals surface area contributed by atoms with E-state index >= 15 is 0 Å². The molecule has 1 aliphatic heterocycles. The molecule has 1 amide bonds. The Balaban J connectivity index is 1.54. The van der Waals surface area contributed by atoms with E-state index < -0.39 is 0 Å². The van der Waals surface area contributed by atoms with Gasteiger partial charge in [0.2, 0.25) is 11.8 Å². The quantitative estimate of drug-likeness (QED) is 0.850. The van der Waals surface area contributed by atoms with Gasteiger partial charge < -0.3 is 9.64 Å². The molecule has 0 unspecified atom stereocenters. The number of unbranched alkanes of at least 4 members (excludes halogenated alkanes) is 1. The summed E-state index contributed by atoms with van der Waals surface area (Å²) in [6.45, 7) is 3.65. The lowest BCUT2D eigenvalue weighted by atomic mass is 10.1. The van der Waals surface area contributed by atoms with E-state index in [9.17, 15) is 4.79 Å². The van der Waals surface area contributed by atoms with Gasteiger partial charge in [0.15, 0.2) is 0 Å². The van der Waals surface area contributed by atoms with Crippen LogP contribution >= 0.6 is 0 Å². The second-order valence-electron chi connectivity index (χ2n) is 6.00. The highest BCUT2D eigenvalue weighted by Crippen LogP contribution is 2.19. The maximum atomic E-state index is 12.0. The highest BCUT2D eigenvalue weighted by molar-refractivity contribution is 5.76. The topological polar surface area (TPSA) is 55.3 Å². The Kier molecular flexibility index (Phi) is 5.05. The molecule has 122 valence electrons. The van der Waals surface area contributed by atoms with Gasteiger partial charge in [0.05, 0.1) is 17.2 Å². The normalized spacial score (nSPS) is 15.8. The van der Waals surface area contributed by atoms with Crippen LogP contribution in [0.2, 0.25) is 0 Å². The van der Waals surface area contributed by atoms with Crippen LogP contribution in [0.15, 0.2) is 30.5 Å². The standard InChI is InChI=1S/C18H23N3O2/c1-2-3-8-18(22)21-11-9-14(10-12-21)23-17-13-19-15-6-4-5-7-16(15)20-17/h4-7,13-14H,2-3,8-12H2,1H3. The molecule has 1 fully saturated rings. The molecule has 0 saturated carbocycles. The number of aromatic nitrogens is 2.